The lowest BCUT2D eigenvalue weighted by molar-refractivity contribution is 0.554. The summed E-state index contributed by atoms with van der Waals surface area (Å²) in [6.45, 7) is 8.78. The predicted molar refractivity (Wildman–Crippen MR) is 151 cm³/mol. The third-order valence-corrected chi connectivity index (χ3v) is 7.40. The monoisotopic (exact) mass is 455 g/mol. The Morgan fingerprint density at radius 1 is 0.455 bits per heavy atom. The molecule has 0 nitrogen and oxygen atoms in total. The summed E-state index contributed by atoms with van der Waals surface area (Å²) in [7, 11) is 0. The van der Waals surface area contributed by atoms with Crippen molar-refractivity contribution in [3.05, 3.63) is 41.8 Å². The average Bonchev–Trinajstić information content (AvgIpc) is 2.83. The Morgan fingerprint density at radius 3 is 1.12 bits per heavy atom. The van der Waals surface area contributed by atoms with Crippen LogP contribution in [0.3, 0.4) is 0 Å². The van der Waals surface area contributed by atoms with Crippen molar-refractivity contribution in [2.24, 2.45) is 0 Å². The van der Waals surface area contributed by atoms with E-state index in [1.165, 1.54) is 148 Å². The second kappa shape index (κ2) is 23.0. The van der Waals surface area contributed by atoms with E-state index in [0.717, 1.165) is 6.42 Å². The molecule has 0 aromatic heterocycles. The van der Waals surface area contributed by atoms with Crippen LogP contribution in [0.2, 0.25) is 0 Å². The van der Waals surface area contributed by atoms with Crippen LogP contribution in [-0.4, -0.2) is 0 Å². The zero-order valence-corrected chi connectivity index (χ0v) is 22.9. The zero-order chi connectivity index (χ0) is 23.8. The number of hydrogen-bond donors (Lipinski definition) is 0. The molecule has 0 unspecified atom stereocenters. The molecule has 33 heavy (non-hydrogen) atoms. The SMILES string of the molecule is [CH2]CCc1c(CCCCCCCCCCCC)cccc1CCCCCCCCCCCC. The highest BCUT2D eigenvalue weighted by atomic mass is 14.1. The zero-order valence-electron chi connectivity index (χ0n) is 22.9. The average molecular weight is 456 g/mol. The van der Waals surface area contributed by atoms with E-state index in [1.807, 2.05) is 0 Å². The normalized spacial score (nSPS) is 11.4. The maximum absolute atomic E-state index is 4.18. The Morgan fingerprint density at radius 2 is 0.788 bits per heavy atom. The van der Waals surface area contributed by atoms with Gasteiger partial charge in [0.2, 0.25) is 0 Å². The second-order valence-electron chi connectivity index (χ2n) is 10.5. The van der Waals surface area contributed by atoms with E-state index in [4.69, 9.17) is 0 Å². The molecule has 0 aliphatic carbocycles. The summed E-state index contributed by atoms with van der Waals surface area (Å²) in [5, 5.41) is 0. The fraction of sp³-hybridized carbons (Fsp3) is 0.788. The maximum atomic E-state index is 4.18. The Kier molecular flexibility index (Phi) is 21.1. The third-order valence-electron chi connectivity index (χ3n) is 7.40. The molecule has 0 aliphatic rings. The summed E-state index contributed by atoms with van der Waals surface area (Å²) in [5.41, 5.74) is 4.91. The quantitative estimate of drug-likeness (QED) is 0.136. The first-order valence-corrected chi connectivity index (χ1v) is 15.2. The number of aryl methyl sites for hydroxylation is 2. The Balaban J connectivity index is 2.22. The lowest BCUT2D eigenvalue weighted by Gasteiger charge is -2.15. The standard InChI is InChI=1S/C33H59/c1-4-7-9-11-13-15-17-19-21-23-27-31-29-25-30-32(33(31)26-6-3)28-24-22-20-18-16-14-12-10-8-5-2/h25,29-30H,3-24,26-28H2,1-2H3. The van der Waals surface area contributed by atoms with Gasteiger partial charge < -0.3 is 0 Å². The molecular weight excluding hydrogens is 396 g/mol. The van der Waals surface area contributed by atoms with Gasteiger partial charge in [-0.3, -0.25) is 0 Å². The van der Waals surface area contributed by atoms with Crippen LogP contribution in [-0.2, 0) is 19.3 Å². The molecular formula is C33H59. The first-order chi connectivity index (χ1) is 16.3. The highest BCUT2D eigenvalue weighted by Crippen LogP contribution is 2.22. The molecule has 0 spiro atoms. The van der Waals surface area contributed by atoms with Gasteiger partial charge in [0.25, 0.3) is 0 Å². The van der Waals surface area contributed by atoms with Gasteiger partial charge in [-0.15, -0.1) is 0 Å². The minimum absolute atomic E-state index is 1.03. The van der Waals surface area contributed by atoms with Gasteiger partial charge in [0, 0.05) is 0 Å². The van der Waals surface area contributed by atoms with Crippen molar-refractivity contribution in [1.29, 1.82) is 0 Å². The molecule has 0 bridgehead atoms. The molecule has 0 saturated heterocycles. The van der Waals surface area contributed by atoms with Crippen molar-refractivity contribution < 1.29 is 0 Å². The first-order valence-electron chi connectivity index (χ1n) is 15.2. The Labute approximate surface area is 209 Å². The van der Waals surface area contributed by atoms with Crippen molar-refractivity contribution >= 4 is 0 Å². The van der Waals surface area contributed by atoms with E-state index in [0.29, 0.717) is 0 Å². The summed E-state index contributed by atoms with van der Waals surface area (Å²) >= 11 is 0. The van der Waals surface area contributed by atoms with Crippen LogP contribution in [0.4, 0.5) is 0 Å². The van der Waals surface area contributed by atoms with Crippen LogP contribution < -0.4 is 0 Å². The highest BCUT2D eigenvalue weighted by Gasteiger charge is 2.08. The fourth-order valence-corrected chi connectivity index (χ4v) is 5.26. The van der Waals surface area contributed by atoms with Crippen LogP contribution in [0.25, 0.3) is 0 Å². The molecule has 0 fully saturated rings. The van der Waals surface area contributed by atoms with Gasteiger partial charge in [0.05, 0.1) is 0 Å². The van der Waals surface area contributed by atoms with Gasteiger partial charge >= 0.3 is 0 Å². The van der Waals surface area contributed by atoms with Gasteiger partial charge in [0.1, 0.15) is 0 Å². The van der Waals surface area contributed by atoms with Crippen LogP contribution in [0.15, 0.2) is 18.2 Å². The van der Waals surface area contributed by atoms with E-state index in [2.05, 4.69) is 39.0 Å². The number of hydrogen-bond acceptors (Lipinski definition) is 0. The molecule has 0 amide bonds. The largest absolute Gasteiger partial charge is 0.0654 e. The maximum Gasteiger partial charge on any atom is -0.0273 e. The lowest BCUT2D eigenvalue weighted by Crippen LogP contribution is -2.01. The van der Waals surface area contributed by atoms with Crippen LogP contribution >= 0.6 is 0 Å². The molecule has 1 aromatic carbocycles. The molecule has 1 aromatic rings. The molecule has 1 rings (SSSR count). The highest BCUT2D eigenvalue weighted by molar-refractivity contribution is 5.36. The van der Waals surface area contributed by atoms with Crippen molar-refractivity contribution in [2.75, 3.05) is 0 Å². The summed E-state index contributed by atoms with van der Waals surface area (Å²) in [6, 6.07) is 7.13. The van der Waals surface area contributed by atoms with E-state index >= 15 is 0 Å². The van der Waals surface area contributed by atoms with E-state index in [1.54, 1.807) is 16.7 Å². The summed E-state index contributed by atoms with van der Waals surface area (Å²) < 4.78 is 0. The molecule has 0 aliphatic heterocycles. The lowest BCUT2D eigenvalue weighted by atomic mass is 9.91. The van der Waals surface area contributed by atoms with Gasteiger partial charge in [-0.25, -0.2) is 0 Å². The second-order valence-corrected chi connectivity index (χ2v) is 10.5. The number of rotatable bonds is 24. The Bertz CT molecular complexity index is 487. The topological polar surface area (TPSA) is 0 Å². The van der Waals surface area contributed by atoms with Gasteiger partial charge in [-0.1, -0.05) is 155 Å². The Hall–Kier alpha value is -0.780. The van der Waals surface area contributed by atoms with E-state index in [9.17, 15) is 0 Å². The minimum atomic E-state index is 1.03. The van der Waals surface area contributed by atoms with Crippen molar-refractivity contribution in [3.8, 4) is 0 Å². The van der Waals surface area contributed by atoms with Gasteiger partial charge in [0.15, 0.2) is 0 Å². The predicted octanol–water partition coefficient (Wildman–Crippen LogP) is 11.4. The van der Waals surface area contributed by atoms with Gasteiger partial charge in [-0.2, -0.15) is 0 Å². The first kappa shape index (κ1) is 30.3. The van der Waals surface area contributed by atoms with Crippen molar-refractivity contribution in [2.45, 2.75) is 168 Å². The van der Waals surface area contributed by atoms with Crippen LogP contribution in [0.1, 0.15) is 165 Å². The molecule has 0 N–H and O–H groups in total. The summed E-state index contributed by atoms with van der Waals surface area (Å²) in [4.78, 5) is 0. The van der Waals surface area contributed by atoms with Gasteiger partial charge in [-0.05, 0) is 55.2 Å². The summed E-state index contributed by atoms with van der Waals surface area (Å²) in [5.74, 6) is 0. The molecule has 0 heteroatoms. The third kappa shape index (κ3) is 16.5. The van der Waals surface area contributed by atoms with E-state index < -0.39 is 0 Å². The van der Waals surface area contributed by atoms with Crippen LogP contribution in [0.5, 0.6) is 0 Å². The number of benzene rings is 1. The van der Waals surface area contributed by atoms with Crippen molar-refractivity contribution in [3.63, 3.8) is 0 Å². The summed E-state index contributed by atoms with van der Waals surface area (Å²) in [6.07, 6.45) is 33.2. The smallest absolute Gasteiger partial charge is 0.0273 e. The molecule has 1 radical (unpaired) electrons. The number of unbranched alkanes of at least 4 members (excludes halogenated alkanes) is 18. The van der Waals surface area contributed by atoms with Crippen LogP contribution in [0, 0.1) is 6.92 Å². The molecule has 0 atom stereocenters. The molecule has 0 heterocycles. The fourth-order valence-electron chi connectivity index (χ4n) is 5.26. The molecule has 191 valence electrons. The minimum Gasteiger partial charge on any atom is -0.0654 e. The van der Waals surface area contributed by atoms with Crippen molar-refractivity contribution in [1.82, 2.24) is 0 Å². The van der Waals surface area contributed by atoms with E-state index in [-0.39, 0.29) is 0 Å². The molecule has 0 saturated carbocycles.